The molecule has 2 unspecified atom stereocenters. The molecular weight excluding hydrogens is 420 g/mol. The summed E-state index contributed by atoms with van der Waals surface area (Å²) in [6.07, 6.45) is 0.611. The lowest BCUT2D eigenvalue weighted by molar-refractivity contribution is -0.192. The number of aromatic nitrogens is 1. The first-order valence-corrected chi connectivity index (χ1v) is 9.54. The van der Waals surface area contributed by atoms with Gasteiger partial charge in [0.1, 0.15) is 17.7 Å². The number of rotatable bonds is 4. The number of carboxylic acids is 1. The normalized spacial score (nSPS) is 21.9. The van der Waals surface area contributed by atoms with E-state index in [4.69, 9.17) is 14.6 Å². The number of carbonyl (C=O) groups excluding carboxylic acids is 1. The summed E-state index contributed by atoms with van der Waals surface area (Å²) < 4.78 is 51.0. The number of hydrogen-bond donors (Lipinski definition) is 1. The zero-order chi connectivity index (χ0) is 22.6. The molecule has 31 heavy (non-hydrogen) atoms. The van der Waals surface area contributed by atoms with Gasteiger partial charge >= 0.3 is 12.1 Å². The van der Waals surface area contributed by atoms with Gasteiger partial charge in [0, 0.05) is 31.1 Å². The standard InChI is InChI=1S/C19H19FN2O2.C2HF3O2/c20-15-4-1-3-13(7-15)8-19(23)22-12-14-9-16(22)10-18(14)24-17-5-2-6-21-11-17;3-2(4,5)1(6)7/h1-7,11,14,16,18H,8-10,12H2;(H,6,7)/t14?,16?,18-;/m0./s1. The number of nitrogens with zero attached hydrogens (tertiary/aromatic N) is 2. The minimum absolute atomic E-state index is 0.0768. The molecule has 1 aliphatic heterocycles. The van der Waals surface area contributed by atoms with Crippen molar-refractivity contribution in [3.63, 3.8) is 0 Å². The largest absolute Gasteiger partial charge is 0.490 e. The molecule has 0 spiro atoms. The number of hydrogen-bond acceptors (Lipinski definition) is 4. The number of likely N-dealkylation sites (tertiary alicyclic amines) is 1. The van der Waals surface area contributed by atoms with E-state index in [9.17, 15) is 22.4 Å². The minimum Gasteiger partial charge on any atom is -0.488 e. The highest BCUT2D eigenvalue weighted by atomic mass is 19.4. The summed E-state index contributed by atoms with van der Waals surface area (Å²) >= 11 is 0. The van der Waals surface area contributed by atoms with Crippen molar-refractivity contribution < 1.29 is 37.0 Å². The van der Waals surface area contributed by atoms with Crippen LogP contribution in [-0.4, -0.2) is 51.7 Å². The van der Waals surface area contributed by atoms with Gasteiger partial charge in [-0.2, -0.15) is 13.2 Å². The van der Waals surface area contributed by atoms with E-state index in [1.807, 2.05) is 17.0 Å². The SMILES string of the molecule is O=C(Cc1cccc(F)c1)N1CC2CC1C[C@@H]2Oc1cccnc1.O=C(O)C(F)(F)F. The number of carboxylic acid groups (broad SMARTS) is 1. The monoisotopic (exact) mass is 440 g/mol. The van der Waals surface area contributed by atoms with Crippen molar-refractivity contribution in [1.29, 1.82) is 0 Å². The van der Waals surface area contributed by atoms with Gasteiger partial charge in [-0.25, -0.2) is 9.18 Å². The molecule has 1 saturated heterocycles. The zero-order valence-electron chi connectivity index (χ0n) is 16.3. The van der Waals surface area contributed by atoms with Crippen molar-refractivity contribution in [1.82, 2.24) is 9.88 Å². The van der Waals surface area contributed by atoms with E-state index in [1.54, 1.807) is 24.5 Å². The molecule has 6 nitrogen and oxygen atoms in total. The number of carbonyl (C=O) groups is 2. The molecule has 4 rings (SSSR count). The average molecular weight is 440 g/mol. The van der Waals surface area contributed by atoms with E-state index in [0.29, 0.717) is 5.92 Å². The molecule has 3 atom stereocenters. The van der Waals surface area contributed by atoms with Crippen LogP contribution in [0.1, 0.15) is 18.4 Å². The van der Waals surface area contributed by atoms with Crippen LogP contribution in [0.4, 0.5) is 17.6 Å². The first kappa shape index (κ1) is 22.5. The maximum absolute atomic E-state index is 13.3. The summed E-state index contributed by atoms with van der Waals surface area (Å²) in [6.45, 7) is 0.726. The Kier molecular flexibility index (Phi) is 6.77. The van der Waals surface area contributed by atoms with Crippen LogP contribution in [0.3, 0.4) is 0 Å². The predicted octanol–water partition coefficient (Wildman–Crippen LogP) is 3.46. The summed E-state index contributed by atoms with van der Waals surface area (Å²) in [6, 6.07) is 10.3. The molecule has 2 bridgehead atoms. The molecule has 2 fully saturated rings. The lowest BCUT2D eigenvalue weighted by Gasteiger charge is -2.31. The van der Waals surface area contributed by atoms with Crippen LogP contribution in [0.2, 0.25) is 0 Å². The summed E-state index contributed by atoms with van der Waals surface area (Å²) in [7, 11) is 0. The molecule has 2 aliphatic rings. The predicted molar refractivity (Wildman–Crippen MR) is 101 cm³/mol. The number of amides is 1. The topological polar surface area (TPSA) is 79.7 Å². The van der Waals surface area contributed by atoms with Crippen LogP contribution in [0, 0.1) is 11.7 Å². The summed E-state index contributed by atoms with van der Waals surface area (Å²) in [5.41, 5.74) is 0.728. The van der Waals surface area contributed by atoms with Crippen LogP contribution in [0.15, 0.2) is 48.8 Å². The number of halogens is 4. The Morgan fingerprint density at radius 1 is 1.19 bits per heavy atom. The molecule has 1 aromatic heterocycles. The quantitative estimate of drug-likeness (QED) is 0.737. The lowest BCUT2D eigenvalue weighted by Crippen LogP contribution is -2.43. The summed E-state index contributed by atoms with van der Waals surface area (Å²) in [5.74, 6) is -1.83. The van der Waals surface area contributed by atoms with Gasteiger partial charge in [0.15, 0.2) is 0 Å². The first-order valence-electron chi connectivity index (χ1n) is 9.54. The Balaban J connectivity index is 0.000000339. The van der Waals surface area contributed by atoms with Crippen molar-refractivity contribution in [2.45, 2.75) is 37.6 Å². The molecule has 1 amide bonds. The van der Waals surface area contributed by atoms with Crippen LogP contribution in [0.5, 0.6) is 5.75 Å². The van der Waals surface area contributed by atoms with Gasteiger partial charge in [0.25, 0.3) is 0 Å². The van der Waals surface area contributed by atoms with Gasteiger partial charge in [-0.05, 0) is 36.2 Å². The fraction of sp³-hybridized carbons (Fsp3) is 0.381. The van der Waals surface area contributed by atoms with E-state index in [-0.39, 0.29) is 30.3 Å². The van der Waals surface area contributed by atoms with Crippen molar-refractivity contribution in [2.75, 3.05) is 6.54 Å². The number of ether oxygens (including phenoxy) is 1. The van der Waals surface area contributed by atoms with E-state index < -0.39 is 12.1 Å². The number of alkyl halides is 3. The van der Waals surface area contributed by atoms with Gasteiger partial charge in [-0.1, -0.05) is 12.1 Å². The van der Waals surface area contributed by atoms with Crippen molar-refractivity contribution in [3.05, 3.63) is 60.2 Å². The molecule has 10 heteroatoms. The van der Waals surface area contributed by atoms with Crippen LogP contribution in [-0.2, 0) is 16.0 Å². The molecule has 1 aromatic carbocycles. The number of aliphatic carboxylic acids is 1. The van der Waals surface area contributed by atoms with E-state index in [0.717, 1.165) is 30.7 Å². The minimum atomic E-state index is -5.08. The Hall–Kier alpha value is -3.17. The van der Waals surface area contributed by atoms with Gasteiger partial charge in [0.05, 0.1) is 12.6 Å². The second kappa shape index (κ2) is 9.32. The number of pyridine rings is 1. The van der Waals surface area contributed by atoms with Crippen LogP contribution >= 0.6 is 0 Å². The fourth-order valence-electron chi connectivity index (χ4n) is 3.87. The molecule has 1 saturated carbocycles. The second-order valence-corrected chi connectivity index (χ2v) is 7.39. The highest BCUT2D eigenvalue weighted by Crippen LogP contribution is 2.40. The van der Waals surface area contributed by atoms with Gasteiger partial charge in [-0.3, -0.25) is 9.78 Å². The Morgan fingerprint density at radius 3 is 2.48 bits per heavy atom. The third-order valence-corrected chi connectivity index (χ3v) is 5.21. The van der Waals surface area contributed by atoms with Crippen molar-refractivity contribution in [2.24, 2.45) is 5.92 Å². The number of benzene rings is 1. The van der Waals surface area contributed by atoms with Gasteiger partial charge in [-0.15, -0.1) is 0 Å². The van der Waals surface area contributed by atoms with Crippen LogP contribution < -0.4 is 4.74 Å². The van der Waals surface area contributed by atoms with Crippen LogP contribution in [0.25, 0.3) is 0 Å². The molecule has 1 N–H and O–H groups in total. The molecule has 1 aliphatic carbocycles. The smallest absolute Gasteiger partial charge is 0.488 e. The summed E-state index contributed by atoms with van der Waals surface area (Å²) in [5, 5.41) is 7.12. The van der Waals surface area contributed by atoms with E-state index in [2.05, 4.69) is 4.98 Å². The first-order chi connectivity index (χ1) is 14.6. The van der Waals surface area contributed by atoms with Crippen molar-refractivity contribution in [3.8, 4) is 5.75 Å². The Labute approximate surface area is 175 Å². The maximum Gasteiger partial charge on any atom is 0.490 e. The second-order valence-electron chi connectivity index (χ2n) is 7.39. The number of piperidine rings is 1. The zero-order valence-corrected chi connectivity index (χ0v) is 16.3. The third-order valence-electron chi connectivity index (χ3n) is 5.21. The maximum atomic E-state index is 13.3. The Morgan fingerprint density at radius 2 is 1.94 bits per heavy atom. The lowest BCUT2D eigenvalue weighted by atomic mass is 10.0. The Bertz CT molecular complexity index is 923. The molecule has 2 heterocycles. The highest BCUT2D eigenvalue weighted by molar-refractivity contribution is 5.79. The summed E-state index contributed by atoms with van der Waals surface area (Å²) in [4.78, 5) is 27.4. The molecule has 166 valence electrons. The number of fused-ring (bicyclic) bond motifs is 2. The fourth-order valence-corrected chi connectivity index (χ4v) is 3.87. The van der Waals surface area contributed by atoms with Crippen molar-refractivity contribution >= 4 is 11.9 Å². The average Bonchev–Trinajstić information content (AvgIpc) is 3.29. The molecule has 2 aromatic rings. The van der Waals surface area contributed by atoms with E-state index >= 15 is 0 Å². The van der Waals surface area contributed by atoms with Gasteiger partial charge < -0.3 is 14.7 Å². The molecular formula is C21H20F4N2O4. The van der Waals surface area contributed by atoms with Gasteiger partial charge in [0.2, 0.25) is 5.91 Å². The van der Waals surface area contributed by atoms with E-state index in [1.165, 1.54) is 12.1 Å². The highest BCUT2D eigenvalue weighted by Gasteiger charge is 2.47. The third kappa shape index (κ3) is 5.93. The molecule has 0 radical (unpaired) electrons.